The fraction of sp³-hybridized carbons (Fsp3) is 0.571. The first-order chi connectivity index (χ1) is 7.97. The zero-order valence-corrected chi connectivity index (χ0v) is 10.6. The molecule has 1 fully saturated rings. The van der Waals surface area contributed by atoms with E-state index in [4.69, 9.17) is 5.73 Å². The minimum Gasteiger partial charge on any atom is -0.326 e. The van der Waals surface area contributed by atoms with Crippen LogP contribution in [0.1, 0.15) is 25.8 Å². The predicted octanol–water partition coefficient (Wildman–Crippen LogP) is 2.38. The lowest BCUT2D eigenvalue weighted by atomic mass is 9.78. The van der Waals surface area contributed by atoms with Gasteiger partial charge in [0.2, 0.25) is 0 Å². The Bertz CT molecular complexity index is 390. The molecule has 17 heavy (non-hydrogen) atoms. The molecule has 0 saturated carbocycles. The van der Waals surface area contributed by atoms with Crippen molar-refractivity contribution in [1.82, 2.24) is 4.90 Å². The molecule has 0 radical (unpaired) electrons. The molecule has 1 aromatic carbocycles. The molecule has 1 aromatic rings. The third-order valence-electron chi connectivity index (χ3n) is 3.83. The van der Waals surface area contributed by atoms with Crippen molar-refractivity contribution in [2.24, 2.45) is 11.1 Å². The van der Waals surface area contributed by atoms with E-state index in [0.29, 0.717) is 0 Å². The maximum atomic E-state index is 13.1. The second kappa shape index (κ2) is 4.75. The molecular weight excluding hydrogens is 215 g/mol. The summed E-state index contributed by atoms with van der Waals surface area (Å²) < 4.78 is 13.1. The summed E-state index contributed by atoms with van der Waals surface area (Å²) in [5.74, 6) is -0.163. The predicted molar refractivity (Wildman–Crippen MR) is 68.1 cm³/mol. The van der Waals surface area contributed by atoms with E-state index in [0.717, 1.165) is 31.6 Å². The van der Waals surface area contributed by atoms with Crippen molar-refractivity contribution in [3.63, 3.8) is 0 Å². The summed E-state index contributed by atoms with van der Waals surface area (Å²) in [4.78, 5) is 2.31. The Kier molecular flexibility index (Phi) is 3.50. The second-order valence-corrected chi connectivity index (χ2v) is 5.71. The van der Waals surface area contributed by atoms with Crippen LogP contribution in [0.3, 0.4) is 0 Å². The molecular formula is C14H21FN2. The third kappa shape index (κ3) is 3.05. The Balaban J connectivity index is 1.97. The largest absolute Gasteiger partial charge is 0.326 e. The molecule has 2 N–H and O–H groups in total. The highest BCUT2D eigenvalue weighted by Gasteiger charge is 2.32. The standard InChI is InChI=1S/C14H21FN2/c1-14(2)6-7-17(10-13(14)16)9-11-4-3-5-12(15)8-11/h3-5,8,13H,6-7,9-10,16H2,1-2H3. The lowest BCUT2D eigenvalue weighted by molar-refractivity contribution is 0.101. The summed E-state index contributed by atoms with van der Waals surface area (Å²) in [6, 6.07) is 7.01. The van der Waals surface area contributed by atoms with E-state index in [9.17, 15) is 4.39 Å². The van der Waals surface area contributed by atoms with Crippen LogP contribution in [-0.2, 0) is 6.54 Å². The van der Waals surface area contributed by atoms with E-state index in [-0.39, 0.29) is 17.3 Å². The molecule has 0 spiro atoms. The Morgan fingerprint density at radius 1 is 1.47 bits per heavy atom. The SMILES string of the molecule is CC1(C)CCN(Cc2cccc(F)c2)CC1N. The molecule has 94 valence electrons. The van der Waals surface area contributed by atoms with Crippen molar-refractivity contribution in [2.45, 2.75) is 32.9 Å². The van der Waals surface area contributed by atoms with Gasteiger partial charge in [-0.3, -0.25) is 4.90 Å². The van der Waals surface area contributed by atoms with Gasteiger partial charge in [-0.25, -0.2) is 4.39 Å². The zero-order chi connectivity index (χ0) is 12.5. The van der Waals surface area contributed by atoms with Gasteiger partial charge in [0.05, 0.1) is 0 Å². The first kappa shape index (κ1) is 12.5. The summed E-state index contributed by atoms with van der Waals surface area (Å²) in [5.41, 5.74) is 7.42. The van der Waals surface area contributed by atoms with Crippen LogP contribution in [0.25, 0.3) is 0 Å². The fourth-order valence-electron chi connectivity index (χ4n) is 2.29. The van der Waals surface area contributed by atoms with E-state index in [2.05, 4.69) is 18.7 Å². The Labute approximate surface area is 103 Å². The van der Waals surface area contributed by atoms with Gasteiger partial charge in [-0.05, 0) is 36.1 Å². The normalized spacial score (nSPS) is 24.8. The number of rotatable bonds is 2. The van der Waals surface area contributed by atoms with Gasteiger partial charge < -0.3 is 5.73 Å². The molecule has 1 unspecified atom stereocenters. The van der Waals surface area contributed by atoms with Crippen LogP contribution in [0, 0.1) is 11.2 Å². The van der Waals surface area contributed by atoms with E-state index in [1.807, 2.05) is 6.07 Å². The molecule has 2 rings (SSSR count). The Morgan fingerprint density at radius 2 is 2.24 bits per heavy atom. The summed E-state index contributed by atoms with van der Waals surface area (Å²) in [6.45, 7) is 7.16. The molecule has 1 saturated heterocycles. The first-order valence-electron chi connectivity index (χ1n) is 6.20. The van der Waals surface area contributed by atoms with E-state index >= 15 is 0 Å². The summed E-state index contributed by atoms with van der Waals surface area (Å²) >= 11 is 0. The average Bonchev–Trinajstić information content (AvgIpc) is 2.24. The molecule has 0 aromatic heterocycles. The number of likely N-dealkylation sites (tertiary alicyclic amines) is 1. The van der Waals surface area contributed by atoms with Crippen LogP contribution in [0.2, 0.25) is 0 Å². The lowest BCUT2D eigenvalue weighted by Gasteiger charge is -2.42. The number of piperidine rings is 1. The number of hydrogen-bond acceptors (Lipinski definition) is 2. The van der Waals surface area contributed by atoms with Crippen LogP contribution in [-0.4, -0.2) is 24.0 Å². The van der Waals surface area contributed by atoms with Gasteiger partial charge in [-0.2, -0.15) is 0 Å². The average molecular weight is 236 g/mol. The number of hydrogen-bond donors (Lipinski definition) is 1. The van der Waals surface area contributed by atoms with Gasteiger partial charge in [0, 0.05) is 19.1 Å². The zero-order valence-electron chi connectivity index (χ0n) is 10.6. The van der Waals surface area contributed by atoms with Crippen molar-refractivity contribution in [3.05, 3.63) is 35.6 Å². The minimum absolute atomic E-state index is 0.163. The number of halogens is 1. The second-order valence-electron chi connectivity index (χ2n) is 5.71. The molecule has 2 nitrogen and oxygen atoms in total. The summed E-state index contributed by atoms with van der Waals surface area (Å²) in [6.07, 6.45) is 1.10. The van der Waals surface area contributed by atoms with E-state index < -0.39 is 0 Å². The maximum absolute atomic E-state index is 13.1. The van der Waals surface area contributed by atoms with E-state index in [1.165, 1.54) is 6.07 Å². The highest BCUT2D eigenvalue weighted by Crippen LogP contribution is 2.29. The van der Waals surface area contributed by atoms with Gasteiger partial charge >= 0.3 is 0 Å². The molecule has 0 aliphatic carbocycles. The monoisotopic (exact) mass is 236 g/mol. The molecule has 1 heterocycles. The Morgan fingerprint density at radius 3 is 2.88 bits per heavy atom. The van der Waals surface area contributed by atoms with Crippen molar-refractivity contribution >= 4 is 0 Å². The van der Waals surface area contributed by atoms with Crippen molar-refractivity contribution < 1.29 is 4.39 Å². The van der Waals surface area contributed by atoms with Crippen LogP contribution in [0.4, 0.5) is 4.39 Å². The highest BCUT2D eigenvalue weighted by atomic mass is 19.1. The molecule has 1 aliphatic rings. The topological polar surface area (TPSA) is 29.3 Å². The van der Waals surface area contributed by atoms with Crippen molar-refractivity contribution in [3.8, 4) is 0 Å². The first-order valence-corrected chi connectivity index (χ1v) is 6.20. The Hall–Kier alpha value is -0.930. The van der Waals surface area contributed by atoms with Gasteiger partial charge in [0.25, 0.3) is 0 Å². The molecule has 3 heteroatoms. The number of nitrogens with zero attached hydrogens (tertiary/aromatic N) is 1. The van der Waals surface area contributed by atoms with Crippen LogP contribution >= 0.6 is 0 Å². The quantitative estimate of drug-likeness (QED) is 0.854. The van der Waals surface area contributed by atoms with Crippen LogP contribution in [0.5, 0.6) is 0 Å². The molecule has 1 atom stereocenters. The fourth-order valence-corrected chi connectivity index (χ4v) is 2.29. The van der Waals surface area contributed by atoms with Gasteiger partial charge in [0.1, 0.15) is 5.82 Å². The van der Waals surface area contributed by atoms with Crippen molar-refractivity contribution in [2.75, 3.05) is 13.1 Å². The minimum atomic E-state index is -0.163. The van der Waals surface area contributed by atoms with Gasteiger partial charge in [-0.15, -0.1) is 0 Å². The smallest absolute Gasteiger partial charge is 0.123 e. The lowest BCUT2D eigenvalue weighted by Crippen LogP contribution is -2.52. The number of benzene rings is 1. The van der Waals surface area contributed by atoms with Crippen LogP contribution in [0.15, 0.2) is 24.3 Å². The molecule has 0 bridgehead atoms. The number of nitrogens with two attached hydrogens (primary N) is 1. The maximum Gasteiger partial charge on any atom is 0.123 e. The highest BCUT2D eigenvalue weighted by molar-refractivity contribution is 5.16. The van der Waals surface area contributed by atoms with Gasteiger partial charge in [-0.1, -0.05) is 26.0 Å². The van der Waals surface area contributed by atoms with E-state index in [1.54, 1.807) is 12.1 Å². The summed E-state index contributed by atoms with van der Waals surface area (Å²) in [5, 5.41) is 0. The molecule has 1 aliphatic heterocycles. The van der Waals surface area contributed by atoms with Gasteiger partial charge in [0.15, 0.2) is 0 Å². The van der Waals surface area contributed by atoms with Crippen LogP contribution < -0.4 is 5.73 Å². The molecule has 0 amide bonds. The summed E-state index contributed by atoms with van der Waals surface area (Å²) in [7, 11) is 0. The third-order valence-corrected chi connectivity index (χ3v) is 3.83. The van der Waals surface area contributed by atoms with Crippen molar-refractivity contribution in [1.29, 1.82) is 0 Å².